The fourth-order valence-electron chi connectivity index (χ4n) is 3.40. The molecule has 2 aliphatic rings. The molecule has 0 radical (unpaired) electrons. The van der Waals surface area contributed by atoms with Crippen LogP contribution in [-0.4, -0.2) is 22.9 Å². The number of hydrogen-bond acceptors (Lipinski definition) is 3. The molecule has 110 valence electrons. The second-order valence-electron chi connectivity index (χ2n) is 6.27. The Hall–Kier alpha value is -1.13. The first-order valence-corrected chi connectivity index (χ1v) is 7.26. The van der Waals surface area contributed by atoms with Gasteiger partial charge in [-0.15, -0.1) is 0 Å². The highest BCUT2D eigenvalue weighted by Crippen LogP contribution is 2.47. The molecule has 0 bridgehead atoms. The molecule has 0 amide bonds. The summed E-state index contributed by atoms with van der Waals surface area (Å²) in [6.45, 7) is 4.78. The summed E-state index contributed by atoms with van der Waals surface area (Å²) in [4.78, 5) is 0. The van der Waals surface area contributed by atoms with Gasteiger partial charge < -0.3 is 14.6 Å². The van der Waals surface area contributed by atoms with Crippen molar-refractivity contribution in [1.82, 2.24) is 0 Å². The molecule has 2 aliphatic heterocycles. The maximum atomic E-state index is 13.4. The summed E-state index contributed by atoms with van der Waals surface area (Å²) in [7, 11) is 0. The van der Waals surface area contributed by atoms with E-state index in [0.29, 0.717) is 24.3 Å². The van der Waals surface area contributed by atoms with Gasteiger partial charge in [-0.25, -0.2) is 4.39 Å². The van der Waals surface area contributed by atoms with Crippen LogP contribution < -0.4 is 4.74 Å². The first-order chi connectivity index (χ1) is 9.45. The Kier molecular flexibility index (Phi) is 3.26. The molecular weight excluding hydrogens is 259 g/mol. The quantitative estimate of drug-likeness (QED) is 0.857. The normalized spacial score (nSPS) is 36.5. The first kappa shape index (κ1) is 13.8. The third-order valence-corrected chi connectivity index (χ3v) is 4.68. The summed E-state index contributed by atoms with van der Waals surface area (Å²) < 4.78 is 25.4. The minimum Gasteiger partial charge on any atom is -0.486 e. The molecule has 1 spiro atoms. The van der Waals surface area contributed by atoms with E-state index in [1.54, 1.807) is 6.07 Å². The van der Waals surface area contributed by atoms with Gasteiger partial charge >= 0.3 is 0 Å². The van der Waals surface area contributed by atoms with Crippen molar-refractivity contribution in [2.45, 2.75) is 56.8 Å². The van der Waals surface area contributed by atoms with E-state index in [4.69, 9.17) is 9.47 Å². The van der Waals surface area contributed by atoms with Crippen molar-refractivity contribution in [3.05, 3.63) is 29.6 Å². The molecule has 0 aromatic heterocycles. The van der Waals surface area contributed by atoms with Crippen LogP contribution in [-0.2, 0) is 4.74 Å². The predicted molar refractivity (Wildman–Crippen MR) is 73.2 cm³/mol. The second-order valence-corrected chi connectivity index (χ2v) is 6.27. The molecular formula is C16H21FO3. The van der Waals surface area contributed by atoms with E-state index in [0.717, 1.165) is 19.3 Å². The summed E-state index contributed by atoms with van der Waals surface area (Å²) in [5, 5.41) is 10.4. The number of benzene rings is 1. The molecule has 1 saturated heterocycles. The SMILES string of the molecule is CCC1(C)CC2(CCO1)C[C@H](O)c1ccc(F)cc1O2. The van der Waals surface area contributed by atoms with Gasteiger partial charge in [-0.1, -0.05) is 6.92 Å². The van der Waals surface area contributed by atoms with Gasteiger partial charge in [0.2, 0.25) is 0 Å². The topological polar surface area (TPSA) is 38.7 Å². The molecule has 1 aromatic rings. The van der Waals surface area contributed by atoms with Crippen LogP contribution in [0.2, 0.25) is 0 Å². The molecule has 20 heavy (non-hydrogen) atoms. The summed E-state index contributed by atoms with van der Waals surface area (Å²) in [6.07, 6.45) is 2.30. The van der Waals surface area contributed by atoms with Gasteiger partial charge in [0, 0.05) is 30.9 Å². The van der Waals surface area contributed by atoms with Crippen LogP contribution in [0.15, 0.2) is 18.2 Å². The van der Waals surface area contributed by atoms with Crippen LogP contribution in [0.3, 0.4) is 0 Å². The standard InChI is InChI=1S/C16H21FO3/c1-3-15(2)10-16(6-7-19-15)9-13(18)12-5-4-11(17)8-14(12)20-16/h4-5,8,13,18H,3,6-7,9-10H2,1-2H3/t13-,15?,16?/m0/s1. The number of fused-ring (bicyclic) bond motifs is 1. The number of halogens is 1. The molecule has 1 aromatic carbocycles. The van der Waals surface area contributed by atoms with Gasteiger partial charge in [0.05, 0.1) is 18.3 Å². The summed E-state index contributed by atoms with van der Waals surface area (Å²) in [5.41, 5.74) is 0.00756. The fraction of sp³-hybridized carbons (Fsp3) is 0.625. The smallest absolute Gasteiger partial charge is 0.128 e. The van der Waals surface area contributed by atoms with Crippen LogP contribution in [0.5, 0.6) is 5.75 Å². The van der Waals surface area contributed by atoms with E-state index < -0.39 is 11.7 Å². The Balaban J connectivity index is 1.93. The molecule has 0 saturated carbocycles. The summed E-state index contributed by atoms with van der Waals surface area (Å²) in [5.74, 6) is 0.141. The van der Waals surface area contributed by atoms with E-state index in [2.05, 4.69) is 13.8 Å². The number of hydrogen-bond donors (Lipinski definition) is 1. The van der Waals surface area contributed by atoms with E-state index >= 15 is 0 Å². The average Bonchev–Trinajstić information content (AvgIpc) is 2.37. The minimum atomic E-state index is -0.599. The lowest BCUT2D eigenvalue weighted by atomic mass is 9.76. The van der Waals surface area contributed by atoms with Crippen LogP contribution >= 0.6 is 0 Å². The van der Waals surface area contributed by atoms with Crippen molar-refractivity contribution in [3.63, 3.8) is 0 Å². The summed E-state index contributed by atoms with van der Waals surface area (Å²) in [6, 6.07) is 4.35. The predicted octanol–water partition coefficient (Wildman–Crippen LogP) is 3.36. The van der Waals surface area contributed by atoms with Crippen molar-refractivity contribution < 1.29 is 19.0 Å². The zero-order valence-electron chi connectivity index (χ0n) is 12.0. The average molecular weight is 280 g/mol. The zero-order valence-corrected chi connectivity index (χ0v) is 12.0. The molecule has 3 rings (SSSR count). The third kappa shape index (κ3) is 2.31. The molecule has 0 aliphatic carbocycles. The molecule has 2 unspecified atom stereocenters. The van der Waals surface area contributed by atoms with E-state index in [9.17, 15) is 9.50 Å². The zero-order chi connectivity index (χ0) is 14.4. The third-order valence-electron chi connectivity index (χ3n) is 4.68. The fourth-order valence-corrected chi connectivity index (χ4v) is 3.40. The molecule has 3 nitrogen and oxygen atoms in total. The first-order valence-electron chi connectivity index (χ1n) is 7.26. The van der Waals surface area contributed by atoms with Crippen LogP contribution in [0.4, 0.5) is 4.39 Å². The maximum Gasteiger partial charge on any atom is 0.128 e. The van der Waals surface area contributed by atoms with Crippen molar-refractivity contribution in [2.24, 2.45) is 0 Å². The van der Waals surface area contributed by atoms with Crippen molar-refractivity contribution in [2.75, 3.05) is 6.61 Å². The summed E-state index contributed by atoms with van der Waals surface area (Å²) >= 11 is 0. The number of aliphatic hydroxyl groups excluding tert-OH is 1. The lowest BCUT2D eigenvalue weighted by Gasteiger charge is -2.49. The lowest BCUT2D eigenvalue weighted by Crippen LogP contribution is -2.52. The number of rotatable bonds is 1. The monoisotopic (exact) mass is 280 g/mol. The van der Waals surface area contributed by atoms with Gasteiger partial charge in [-0.2, -0.15) is 0 Å². The largest absolute Gasteiger partial charge is 0.486 e. The number of aliphatic hydroxyl groups is 1. The van der Waals surface area contributed by atoms with Crippen molar-refractivity contribution in [3.8, 4) is 5.75 Å². The van der Waals surface area contributed by atoms with E-state index in [1.165, 1.54) is 12.1 Å². The van der Waals surface area contributed by atoms with Crippen molar-refractivity contribution >= 4 is 0 Å². The highest BCUT2D eigenvalue weighted by molar-refractivity contribution is 5.38. The second kappa shape index (κ2) is 4.71. The molecule has 4 heteroatoms. The van der Waals surface area contributed by atoms with Gasteiger partial charge in [0.1, 0.15) is 17.2 Å². The van der Waals surface area contributed by atoms with Gasteiger partial charge in [-0.05, 0) is 25.5 Å². The Morgan fingerprint density at radius 2 is 2.25 bits per heavy atom. The molecule has 1 N–H and O–H groups in total. The van der Waals surface area contributed by atoms with Crippen molar-refractivity contribution in [1.29, 1.82) is 0 Å². The minimum absolute atomic E-state index is 0.233. The van der Waals surface area contributed by atoms with Gasteiger partial charge in [0.15, 0.2) is 0 Å². The Morgan fingerprint density at radius 3 is 3.00 bits per heavy atom. The van der Waals surface area contributed by atoms with Crippen LogP contribution in [0, 0.1) is 5.82 Å². The Morgan fingerprint density at radius 1 is 1.45 bits per heavy atom. The highest BCUT2D eigenvalue weighted by atomic mass is 19.1. The van der Waals surface area contributed by atoms with E-state index in [-0.39, 0.29) is 11.4 Å². The van der Waals surface area contributed by atoms with Gasteiger partial charge in [-0.3, -0.25) is 0 Å². The van der Waals surface area contributed by atoms with Crippen LogP contribution in [0.1, 0.15) is 51.2 Å². The molecule has 2 heterocycles. The highest BCUT2D eigenvalue weighted by Gasteiger charge is 2.48. The molecule has 3 atom stereocenters. The van der Waals surface area contributed by atoms with Gasteiger partial charge in [0.25, 0.3) is 0 Å². The number of ether oxygens (including phenoxy) is 2. The van der Waals surface area contributed by atoms with E-state index in [1.807, 2.05) is 0 Å². The Labute approximate surface area is 118 Å². The Bertz CT molecular complexity index is 518. The van der Waals surface area contributed by atoms with Crippen LogP contribution in [0.25, 0.3) is 0 Å². The maximum absolute atomic E-state index is 13.4. The lowest BCUT2D eigenvalue weighted by molar-refractivity contribution is -0.160. The molecule has 1 fully saturated rings.